The van der Waals surface area contributed by atoms with E-state index < -0.39 is 0 Å². The van der Waals surface area contributed by atoms with Crippen LogP contribution >= 0.6 is 0 Å². The van der Waals surface area contributed by atoms with Crippen LogP contribution in [0, 0.1) is 5.82 Å². The standard InChI is InChI=1S/C17H18FN5O2/c1-23(8-15-10(5-6-25-15)16-19-9-20-22-16)17(24)14-7-11-12(18)3-2-4-13(11)21-14/h2-4,7,9-10,15,21H,5-6,8H2,1H3,(H,19,20,22)/t10-,15-/m1/s1. The third-order valence-corrected chi connectivity index (χ3v) is 4.64. The van der Waals surface area contributed by atoms with E-state index in [0.717, 1.165) is 12.2 Å². The largest absolute Gasteiger partial charge is 0.376 e. The van der Waals surface area contributed by atoms with Crippen LogP contribution in [0.2, 0.25) is 0 Å². The summed E-state index contributed by atoms with van der Waals surface area (Å²) >= 11 is 0. The van der Waals surface area contributed by atoms with E-state index in [1.807, 2.05) is 0 Å². The van der Waals surface area contributed by atoms with Gasteiger partial charge in [0, 0.05) is 37.0 Å². The highest BCUT2D eigenvalue weighted by Crippen LogP contribution is 2.29. The average molecular weight is 343 g/mol. The molecule has 1 saturated heterocycles. The normalized spacial score (nSPS) is 20.2. The molecule has 1 aliphatic rings. The Morgan fingerprint density at radius 3 is 3.12 bits per heavy atom. The molecule has 0 unspecified atom stereocenters. The van der Waals surface area contributed by atoms with E-state index >= 15 is 0 Å². The minimum Gasteiger partial charge on any atom is -0.376 e. The number of nitrogens with zero attached hydrogens (tertiary/aromatic N) is 3. The number of nitrogens with one attached hydrogen (secondary N) is 2. The van der Waals surface area contributed by atoms with Gasteiger partial charge in [0.1, 0.15) is 23.7 Å². The number of hydrogen-bond acceptors (Lipinski definition) is 4. The Kier molecular flexibility index (Phi) is 3.96. The summed E-state index contributed by atoms with van der Waals surface area (Å²) in [6, 6.07) is 6.28. The van der Waals surface area contributed by atoms with Gasteiger partial charge in [-0.05, 0) is 24.6 Å². The van der Waals surface area contributed by atoms with Crippen molar-refractivity contribution in [1.82, 2.24) is 25.1 Å². The second-order valence-electron chi connectivity index (χ2n) is 6.24. The van der Waals surface area contributed by atoms with E-state index in [9.17, 15) is 9.18 Å². The lowest BCUT2D eigenvalue weighted by Crippen LogP contribution is -2.36. The van der Waals surface area contributed by atoms with Crippen LogP contribution in [0.3, 0.4) is 0 Å². The van der Waals surface area contributed by atoms with E-state index in [4.69, 9.17) is 4.74 Å². The minimum atomic E-state index is -0.347. The van der Waals surface area contributed by atoms with Crippen molar-refractivity contribution in [3.8, 4) is 0 Å². The van der Waals surface area contributed by atoms with Gasteiger partial charge in [-0.25, -0.2) is 9.37 Å². The van der Waals surface area contributed by atoms with Gasteiger partial charge in [-0.3, -0.25) is 9.89 Å². The number of carbonyl (C=O) groups is 1. The van der Waals surface area contributed by atoms with E-state index in [-0.39, 0.29) is 23.7 Å². The molecule has 1 fully saturated rings. The van der Waals surface area contributed by atoms with Crippen LogP contribution in [0.5, 0.6) is 0 Å². The number of likely N-dealkylation sites (N-methyl/N-ethyl adjacent to an activating group) is 1. The molecule has 2 atom stereocenters. The first-order chi connectivity index (χ1) is 12.1. The SMILES string of the molecule is CN(C[C@H]1OCC[C@H]1c1ncn[nH]1)C(=O)c1cc2c(F)cccc2[nH]1. The van der Waals surface area contributed by atoms with Crippen LogP contribution in [-0.4, -0.2) is 57.3 Å². The molecule has 4 rings (SSSR count). The number of aromatic amines is 2. The highest BCUT2D eigenvalue weighted by Gasteiger charge is 2.33. The lowest BCUT2D eigenvalue weighted by Gasteiger charge is -2.23. The molecule has 3 aromatic rings. The molecule has 2 N–H and O–H groups in total. The van der Waals surface area contributed by atoms with E-state index in [0.29, 0.717) is 29.7 Å². The zero-order chi connectivity index (χ0) is 17.4. The molecule has 25 heavy (non-hydrogen) atoms. The summed E-state index contributed by atoms with van der Waals surface area (Å²) in [6.07, 6.45) is 2.15. The van der Waals surface area contributed by atoms with Crippen molar-refractivity contribution in [1.29, 1.82) is 0 Å². The molecule has 2 aromatic heterocycles. The van der Waals surface area contributed by atoms with Crippen LogP contribution in [0.4, 0.5) is 4.39 Å². The number of rotatable bonds is 4. The summed E-state index contributed by atoms with van der Waals surface area (Å²) < 4.78 is 19.6. The van der Waals surface area contributed by atoms with Gasteiger partial charge in [-0.1, -0.05) is 6.07 Å². The maximum atomic E-state index is 13.8. The number of ether oxygens (including phenoxy) is 1. The predicted octanol–water partition coefficient (Wildman–Crippen LogP) is 2.07. The van der Waals surface area contributed by atoms with Crippen molar-refractivity contribution < 1.29 is 13.9 Å². The lowest BCUT2D eigenvalue weighted by molar-refractivity contribution is 0.0547. The molecule has 3 heterocycles. The topological polar surface area (TPSA) is 86.9 Å². The fourth-order valence-corrected chi connectivity index (χ4v) is 3.33. The molecule has 1 amide bonds. The van der Waals surface area contributed by atoms with Gasteiger partial charge in [0.25, 0.3) is 5.91 Å². The zero-order valence-corrected chi connectivity index (χ0v) is 13.7. The molecule has 1 aromatic carbocycles. The van der Waals surface area contributed by atoms with Crippen molar-refractivity contribution in [3.05, 3.63) is 47.9 Å². The fourth-order valence-electron chi connectivity index (χ4n) is 3.33. The number of benzene rings is 1. The Hall–Kier alpha value is -2.74. The molecular weight excluding hydrogens is 325 g/mol. The van der Waals surface area contributed by atoms with Gasteiger partial charge in [0.05, 0.1) is 6.10 Å². The lowest BCUT2D eigenvalue weighted by atomic mass is 10.0. The molecule has 0 bridgehead atoms. The summed E-state index contributed by atoms with van der Waals surface area (Å²) in [5.41, 5.74) is 0.963. The van der Waals surface area contributed by atoms with E-state index in [2.05, 4.69) is 20.2 Å². The Balaban J connectivity index is 1.51. The number of halogens is 1. The highest BCUT2D eigenvalue weighted by atomic mass is 19.1. The van der Waals surface area contributed by atoms with Crippen molar-refractivity contribution in [2.75, 3.05) is 20.2 Å². The van der Waals surface area contributed by atoms with Gasteiger partial charge in [0.2, 0.25) is 0 Å². The fraction of sp³-hybridized carbons (Fsp3) is 0.353. The predicted molar refractivity (Wildman–Crippen MR) is 88.7 cm³/mol. The summed E-state index contributed by atoms with van der Waals surface area (Å²) in [6.45, 7) is 1.04. The first-order valence-electron chi connectivity index (χ1n) is 8.13. The Bertz CT molecular complexity index is 892. The Morgan fingerprint density at radius 1 is 1.48 bits per heavy atom. The zero-order valence-electron chi connectivity index (χ0n) is 13.7. The molecule has 8 heteroatoms. The molecule has 0 spiro atoms. The van der Waals surface area contributed by atoms with Crippen molar-refractivity contribution in [3.63, 3.8) is 0 Å². The van der Waals surface area contributed by atoms with Crippen LogP contribution < -0.4 is 0 Å². The maximum absolute atomic E-state index is 13.8. The Labute approximate surface area is 143 Å². The van der Waals surface area contributed by atoms with Crippen LogP contribution in [0.15, 0.2) is 30.6 Å². The second kappa shape index (κ2) is 6.29. The van der Waals surface area contributed by atoms with Crippen LogP contribution in [-0.2, 0) is 4.74 Å². The van der Waals surface area contributed by atoms with Gasteiger partial charge in [-0.2, -0.15) is 5.10 Å². The molecule has 7 nitrogen and oxygen atoms in total. The number of carbonyl (C=O) groups excluding carboxylic acids is 1. The first kappa shape index (κ1) is 15.8. The monoisotopic (exact) mass is 343 g/mol. The molecule has 0 saturated carbocycles. The van der Waals surface area contributed by atoms with E-state index in [1.165, 1.54) is 12.4 Å². The van der Waals surface area contributed by atoms with Crippen LogP contribution in [0.1, 0.15) is 28.7 Å². The number of aromatic nitrogens is 4. The quantitative estimate of drug-likeness (QED) is 0.759. The number of fused-ring (bicyclic) bond motifs is 1. The number of hydrogen-bond donors (Lipinski definition) is 2. The third kappa shape index (κ3) is 2.89. The Morgan fingerprint density at radius 2 is 2.36 bits per heavy atom. The third-order valence-electron chi connectivity index (χ3n) is 4.64. The maximum Gasteiger partial charge on any atom is 0.270 e. The minimum absolute atomic E-state index is 0.0814. The molecule has 1 aliphatic heterocycles. The van der Waals surface area contributed by atoms with Gasteiger partial charge in [-0.15, -0.1) is 0 Å². The smallest absolute Gasteiger partial charge is 0.270 e. The second-order valence-corrected chi connectivity index (χ2v) is 6.24. The van der Waals surface area contributed by atoms with Gasteiger partial charge < -0.3 is 14.6 Å². The molecular formula is C17H18FN5O2. The molecule has 130 valence electrons. The van der Waals surface area contributed by atoms with Gasteiger partial charge in [0.15, 0.2) is 0 Å². The van der Waals surface area contributed by atoms with Crippen LogP contribution in [0.25, 0.3) is 10.9 Å². The number of H-pyrrole nitrogens is 2. The van der Waals surface area contributed by atoms with Crippen molar-refractivity contribution in [2.45, 2.75) is 18.4 Å². The summed E-state index contributed by atoms with van der Waals surface area (Å²) in [5.74, 6) is 0.302. The first-order valence-corrected chi connectivity index (χ1v) is 8.13. The summed E-state index contributed by atoms with van der Waals surface area (Å²) in [4.78, 5) is 21.5. The van der Waals surface area contributed by atoms with Crippen molar-refractivity contribution >= 4 is 16.8 Å². The molecule has 0 aliphatic carbocycles. The average Bonchev–Trinajstić information content (AvgIpc) is 3.34. The highest BCUT2D eigenvalue weighted by molar-refractivity contribution is 5.98. The number of amides is 1. The van der Waals surface area contributed by atoms with E-state index in [1.54, 1.807) is 30.1 Å². The summed E-state index contributed by atoms with van der Waals surface area (Å²) in [5, 5.41) is 7.17. The summed E-state index contributed by atoms with van der Waals surface area (Å²) in [7, 11) is 1.71. The van der Waals surface area contributed by atoms with Crippen molar-refractivity contribution in [2.24, 2.45) is 0 Å². The van der Waals surface area contributed by atoms with Gasteiger partial charge >= 0.3 is 0 Å². The molecule has 0 radical (unpaired) electrons.